The van der Waals surface area contributed by atoms with E-state index >= 15 is 0 Å². The fraction of sp³-hybridized carbons (Fsp3) is 0.0526. The third-order valence-corrected chi connectivity index (χ3v) is 7.16. The number of thiol groups is 1. The highest BCUT2D eigenvalue weighted by Crippen LogP contribution is 2.51. The van der Waals surface area contributed by atoms with E-state index in [4.69, 9.17) is 0 Å². The van der Waals surface area contributed by atoms with Gasteiger partial charge in [-0.2, -0.15) is 10.9 Å². The first-order chi connectivity index (χ1) is 11.5. The largest absolute Gasteiger partial charge is 0.224 e. The Morgan fingerprint density at radius 2 is 1.25 bits per heavy atom. The van der Waals surface area contributed by atoms with Crippen molar-refractivity contribution in [1.82, 2.24) is 0 Å². The SMILES string of the molecule is CS(=O)(=O)c1ccc([SH](c2ccccc2)c2ccccc2)cc1F. The maximum Gasteiger partial charge on any atom is 0.178 e. The molecule has 0 saturated heterocycles. The standard InChI is InChI=1S/C19H17FO2S2/c1-24(21,22)19-13-12-17(14-18(19)20)23(15-8-4-2-5-9-15)16-10-6-3-7-11-16/h2-14,23H,1H3. The molecule has 0 unspecified atom stereocenters. The van der Waals surface area contributed by atoms with Crippen LogP contribution in [0.25, 0.3) is 0 Å². The second kappa shape index (κ2) is 6.79. The molecule has 124 valence electrons. The molecule has 0 fully saturated rings. The van der Waals surface area contributed by atoms with Gasteiger partial charge in [-0.25, -0.2) is 12.8 Å². The van der Waals surface area contributed by atoms with Crippen LogP contribution in [0.15, 0.2) is 98.4 Å². The fourth-order valence-electron chi connectivity index (χ4n) is 2.53. The average Bonchev–Trinajstić information content (AvgIpc) is 2.56. The zero-order valence-electron chi connectivity index (χ0n) is 13.1. The van der Waals surface area contributed by atoms with Crippen LogP contribution in [0, 0.1) is 5.82 Å². The smallest absolute Gasteiger partial charge is 0.178 e. The van der Waals surface area contributed by atoms with Crippen LogP contribution in [0.4, 0.5) is 4.39 Å². The molecule has 0 aliphatic heterocycles. The van der Waals surface area contributed by atoms with Crippen LogP contribution in [0.3, 0.4) is 0 Å². The molecule has 0 spiro atoms. The second-order valence-corrected chi connectivity index (χ2v) is 9.60. The number of benzene rings is 3. The van der Waals surface area contributed by atoms with E-state index < -0.39 is 26.5 Å². The minimum Gasteiger partial charge on any atom is -0.224 e. The van der Waals surface area contributed by atoms with Crippen LogP contribution < -0.4 is 0 Å². The lowest BCUT2D eigenvalue weighted by atomic mass is 10.3. The van der Waals surface area contributed by atoms with Crippen LogP contribution >= 0.6 is 10.9 Å². The zero-order valence-corrected chi connectivity index (χ0v) is 14.8. The van der Waals surface area contributed by atoms with E-state index in [-0.39, 0.29) is 4.90 Å². The van der Waals surface area contributed by atoms with E-state index in [0.29, 0.717) is 0 Å². The van der Waals surface area contributed by atoms with E-state index in [1.54, 1.807) is 6.07 Å². The maximum absolute atomic E-state index is 14.4. The lowest BCUT2D eigenvalue weighted by Gasteiger charge is -2.23. The van der Waals surface area contributed by atoms with Gasteiger partial charge < -0.3 is 0 Å². The summed E-state index contributed by atoms with van der Waals surface area (Å²) in [5.41, 5.74) is 0. The number of hydrogen-bond acceptors (Lipinski definition) is 2. The van der Waals surface area contributed by atoms with Crippen LogP contribution in [-0.4, -0.2) is 14.7 Å². The van der Waals surface area contributed by atoms with E-state index in [2.05, 4.69) is 0 Å². The van der Waals surface area contributed by atoms with Gasteiger partial charge in [-0.1, -0.05) is 36.4 Å². The van der Waals surface area contributed by atoms with Gasteiger partial charge in [0.25, 0.3) is 0 Å². The van der Waals surface area contributed by atoms with Crippen LogP contribution in [0.5, 0.6) is 0 Å². The molecule has 3 aromatic rings. The Morgan fingerprint density at radius 1 is 0.750 bits per heavy atom. The Balaban J connectivity index is 2.16. The van der Waals surface area contributed by atoms with Crippen molar-refractivity contribution >= 4 is 20.7 Å². The highest BCUT2D eigenvalue weighted by atomic mass is 32.2. The maximum atomic E-state index is 14.4. The Bertz CT molecular complexity index is 900. The van der Waals surface area contributed by atoms with Crippen molar-refractivity contribution < 1.29 is 12.8 Å². The van der Waals surface area contributed by atoms with E-state index in [0.717, 1.165) is 20.9 Å². The minimum absolute atomic E-state index is 0.262. The van der Waals surface area contributed by atoms with Gasteiger partial charge in [0.15, 0.2) is 9.84 Å². The fourth-order valence-corrected chi connectivity index (χ4v) is 5.56. The molecule has 0 heterocycles. The molecular weight excluding hydrogens is 343 g/mol. The predicted octanol–water partition coefficient (Wildman–Crippen LogP) is 4.71. The second-order valence-electron chi connectivity index (χ2n) is 5.39. The van der Waals surface area contributed by atoms with Crippen molar-refractivity contribution in [3.8, 4) is 0 Å². The predicted molar refractivity (Wildman–Crippen MR) is 96.2 cm³/mol. The highest BCUT2D eigenvalue weighted by molar-refractivity contribution is 8.17. The molecule has 0 N–H and O–H groups in total. The molecule has 5 heteroatoms. The molecule has 24 heavy (non-hydrogen) atoms. The van der Waals surface area contributed by atoms with Gasteiger partial charge in [0.05, 0.1) is 0 Å². The molecule has 2 nitrogen and oxygen atoms in total. The molecule has 0 bridgehead atoms. The number of hydrogen-bond donors (Lipinski definition) is 1. The molecule has 0 radical (unpaired) electrons. The Morgan fingerprint density at radius 3 is 1.67 bits per heavy atom. The van der Waals surface area contributed by atoms with Crippen molar-refractivity contribution in [2.24, 2.45) is 0 Å². The average molecular weight is 360 g/mol. The first kappa shape index (κ1) is 16.7. The Hall–Kier alpha value is -2.11. The van der Waals surface area contributed by atoms with Gasteiger partial charge in [0.2, 0.25) is 0 Å². The van der Waals surface area contributed by atoms with Crippen molar-refractivity contribution in [1.29, 1.82) is 0 Å². The van der Waals surface area contributed by atoms with Crippen LogP contribution in [-0.2, 0) is 9.84 Å². The summed E-state index contributed by atoms with van der Waals surface area (Å²) in [6.07, 6.45) is 1.02. The quantitative estimate of drug-likeness (QED) is 0.684. The van der Waals surface area contributed by atoms with E-state index in [1.807, 2.05) is 60.7 Å². The minimum atomic E-state index is -3.57. The summed E-state index contributed by atoms with van der Waals surface area (Å²) in [6, 6.07) is 24.2. The van der Waals surface area contributed by atoms with Crippen molar-refractivity contribution in [2.45, 2.75) is 19.6 Å². The van der Waals surface area contributed by atoms with Gasteiger partial charge in [-0.3, -0.25) is 0 Å². The highest BCUT2D eigenvalue weighted by Gasteiger charge is 2.18. The number of rotatable bonds is 4. The lowest BCUT2D eigenvalue weighted by molar-refractivity contribution is 0.568. The topological polar surface area (TPSA) is 34.1 Å². The Kier molecular flexibility index (Phi) is 4.73. The molecule has 0 aromatic heterocycles. The first-order valence-corrected chi connectivity index (χ1v) is 10.6. The third-order valence-electron chi connectivity index (χ3n) is 3.60. The van der Waals surface area contributed by atoms with E-state index in [1.165, 1.54) is 12.1 Å². The van der Waals surface area contributed by atoms with Gasteiger partial charge in [-0.05, 0) is 57.2 Å². The van der Waals surface area contributed by atoms with Gasteiger partial charge in [-0.15, -0.1) is 0 Å². The number of halogens is 1. The number of sulfone groups is 1. The van der Waals surface area contributed by atoms with Crippen LogP contribution in [0.2, 0.25) is 0 Å². The van der Waals surface area contributed by atoms with E-state index in [9.17, 15) is 12.8 Å². The summed E-state index contributed by atoms with van der Waals surface area (Å²) in [5, 5.41) is 0. The Labute approximate surface area is 144 Å². The van der Waals surface area contributed by atoms with Crippen molar-refractivity contribution in [2.75, 3.05) is 6.26 Å². The van der Waals surface area contributed by atoms with Gasteiger partial charge in [0, 0.05) is 6.26 Å². The summed E-state index contributed by atoms with van der Waals surface area (Å²) >= 11 is 0. The summed E-state index contributed by atoms with van der Waals surface area (Å²) in [4.78, 5) is 2.70. The monoisotopic (exact) mass is 360 g/mol. The molecule has 0 atom stereocenters. The summed E-state index contributed by atoms with van der Waals surface area (Å²) < 4.78 is 37.6. The molecule has 3 aromatic carbocycles. The molecule has 0 saturated carbocycles. The first-order valence-electron chi connectivity index (χ1n) is 7.36. The molecule has 0 amide bonds. The molecule has 0 aliphatic carbocycles. The van der Waals surface area contributed by atoms with Crippen molar-refractivity contribution in [3.05, 3.63) is 84.7 Å². The summed E-state index contributed by atoms with van der Waals surface area (Å²) in [7, 11) is -4.52. The van der Waals surface area contributed by atoms with Gasteiger partial charge in [0.1, 0.15) is 10.7 Å². The van der Waals surface area contributed by atoms with Gasteiger partial charge >= 0.3 is 0 Å². The molecular formula is C19H17FO2S2. The zero-order chi connectivity index (χ0) is 17.2. The van der Waals surface area contributed by atoms with Crippen molar-refractivity contribution in [3.63, 3.8) is 0 Å². The summed E-state index contributed by atoms with van der Waals surface area (Å²) in [6.45, 7) is 0. The molecule has 3 rings (SSSR count). The van der Waals surface area contributed by atoms with Crippen LogP contribution in [0.1, 0.15) is 0 Å². The molecule has 0 aliphatic rings. The third kappa shape index (κ3) is 3.52. The normalized spacial score (nSPS) is 12.0. The lowest BCUT2D eigenvalue weighted by Crippen LogP contribution is -2.01. The summed E-state index contributed by atoms with van der Waals surface area (Å²) in [5.74, 6) is -0.700.